The van der Waals surface area contributed by atoms with E-state index in [9.17, 15) is 0 Å². The Bertz CT molecular complexity index is 1410. The molecule has 0 spiro atoms. The van der Waals surface area contributed by atoms with E-state index in [-0.39, 0.29) is 0 Å². The fourth-order valence-corrected chi connectivity index (χ4v) is 4.37. The number of benzene rings is 3. The maximum atomic E-state index is 6.24. The molecular formula is C29H30ClN7O2. The van der Waals surface area contributed by atoms with E-state index in [0.717, 1.165) is 42.7 Å². The van der Waals surface area contributed by atoms with Crippen LogP contribution in [0, 0.1) is 0 Å². The lowest BCUT2D eigenvalue weighted by Crippen LogP contribution is -2.31. The van der Waals surface area contributed by atoms with Gasteiger partial charge in [0.05, 0.1) is 13.3 Å². The third-order valence-electron chi connectivity index (χ3n) is 6.20. The molecule has 0 radical (unpaired) electrons. The summed E-state index contributed by atoms with van der Waals surface area (Å²) in [5.41, 5.74) is 5.57. The van der Waals surface area contributed by atoms with Crippen molar-refractivity contribution in [2.75, 3.05) is 35.8 Å². The van der Waals surface area contributed by atoms with Gasteiger partial charge in [-0.05, 0) is 61.2 Å². The van der Waals surface area contributed by atoms with E-state index in [4.69, 9.17) is 21.1 Å². The van der Waals surface area contributed by atoms with Crippen LogP contribution >= 0.6 is 11.6 Å². The third-order valence-corrected chi connectivity index (χ3v) is 6.57. The number of aromatic nitrogens is 3. The van der Waals surface area contributed by atoms with Gasteiger partial charge in [0.1, 0.15) is 6.61 Å². The lowest BCUT2D eigenvalue weighted by atomic mass is 10.1. The fourth-order valence-electron chi connectivity index (χ4n) is 4.18. The summed E-state index contributed by atoms with van der Waals surface area (Å²) in [6.07, 6.45) is 5.14. The molecule has 9 nitrogen and oxygen atoms in total. The Morgan fingerprint density at radius 1 is 0.897 bits per heavy atom. The molecule has 1 fully saturated rings. The van der Waals surface area contributed by atoms with Gasteiger partial charge in [0.25, 0.3) is 0 Å². The van der Waals surface area contributed by atoms with Gasteiger partial charge in [0.2, 0.25) is 17.8 Å². The molecule has 1 saturated heterocycles. The molecule has 0 aliphatic carbocycles. The summed E-state index contributed by atoms with van der Waals surface area (Å²) in [7, 11) is 1.60. The molecule has 2 N–H and O–H groups in total. The highest BCUT2D eigenvalue weighted by atomic mass is 35.5. The molecule has 0 bridgehead atoms. The first kappa shape index (κ1) is 26.2. The summed E-state index contributed by atoms with van der Waals surface area (Å²) in [5, 5.41) is 8.29. The van der Waals surface area contributed by atoms with Crippen LogP contribution in [0.3, 0.4) is 0 Å². The van der Waals surface area contributed by atoms with Crippen molar-refractivity contribution in [3.63, 3.8) is 0 Å². The Hall–Kier alpha value is -4.37. The fraction of sp³-hybridized carbons (Fsp3) is 0.241. The van der Waals surface area contributed by atoms with Crippen molar-refractivity contribution in [2.45, 2.75) is 25.9 Å². The van der Waals surface area contributed by atoms with Crippen LogP contribution in [0.2, 0.25) is 5.02 Å². The van der Waals surface area contributed by atoms with Crippen molar-refractivity contribution < 1.29 is 9.47 Å². The minimum atomic E-state index is 0.336. The Morgan fingerprint density at radius 3 is 2.46 bits per heavy atom. The summed E-state index contributed by atoms with van der Waals surface area (Å²) in [6, 6.07) is 23.0. The molecule has 4 aromatic rings. The maximum absolute atomic E-state index is 6.24. The number of nitrogens with zero attached hydrogens (tertiary/aromatic N) is 5. The molecule has 3 aromatic carbocycles. The number of hydrogen-bond donors (Lipinski definition) is 2. The predicted octanol–water partition coefficient (Wildman–Crippen LogP) is 6.29. The van der Waals surface area contributed by atoms with Crippen LogP contribution in [0.25, 0.3) is 0 Å². The first-order valence-electron chi connectivity index (χ1n) is 12.8. The van der Waals surface area contributed by atoms with E-state index in [0.29, 0.717) is 41.0 Å². The van der Waals surface area contributed by atoms with Gasteiger partial charge >= 0.3 is 0 Å². The van der Waals surface area contributed by atoms with Crippen LogP contribution in [0.1, 0.15) is 30.4 Å². The van der Waals surface area contributed by atoms with Gasteiger partial charge < -0.3 is 19.7 Å². The van der Waals surface area contributed by atoms with Crippen molar-refractivity contribution >= 4 is 41.3 Å². The molecule has 200 valence electrons. The zero-order chi connectivity index (χ0) is 26.9. The average molecular weight is 544 g/mol. The Kier molecular flexibility index (Phi) is 8.70. The van der Waals surface area contributed by atoms with Gasteiger partial charge in [-0.15, -0.1) is 0 Å². The summed E-state index contributed by atoms with van der Waals surface area (Å²) in [6.45, 7) is 2.17. The number of anilines is 4. The standard InChI is InChI=1S/C29H30ClN7O2/c1-38-26-18-21(14-15-25(26)39-20-22-10-6-7-13-24(22)30)19-31-36-28-33-27(32-23-11-4-2-5-12-23)34-29(35-28)37-16-8-3-9-17-37/h2,4-7,10-15,18-19H,3,8-9,16-17,20H2,1H3,(H2,32,33,34,35,36). The normalized spacial score (nSPS) is 13.3. The number of hydrazone groups is 1. The van der Waals surface area contributed by atoms with E-state index in [1.165, 1.54) is 6.42 Å². The van der Waals surface area contributed by atoms with Crippen LogP contribution in [0.5, 0.6) is 11.5 Å². The van der Waals surface area contributed by atoms with Gasteiger partial charge in [-0.1, -0.05) is 48.0 Å². The van der Waals surface area contributed by atoms with E-state index >= 15 is 0 Å². The zero-order valence-corrected chi connectivity index (χ0v) is 22.4. The van der Waals surface area contributed by atoms with Gasteiger partial charge in [0.15, 0.2) is 11.5 Å². The number of rotatable bonds is 10. The molecule has 2 heterocycles. The summed E-state index contributed by atoms with van der Waals surface area (Å²) >= 11 is 6.24. The second-order valence-corrected chi connectivity index (χ2v) is 9.39. The predicted molar refractivity (Wildman–Crippen MR) is 156 cm³/mol. The van der Waals surface area contributed by atoms with Gasteiger partial charge in [0, 0.05) is 29.4 Å². The lowest BCUT2D eigenvalue weighted by Gasteiger charge is -2.26. The third kappa shape index (κ3) is 7.14. The van der Waals surface area contributed by atoms with Crippen LogP contribution in [0.15, 0.2) is 77.9 Å². The van der Waals surface area contributed by atoms with Gasteiger partial charge in [-0.2, -0.15) is 20.1 Å². The largest absolute Gasteiger partial charge is 0.493 e. The van der Waals surface area contributed by atoms with Crippen LogP contribution < -0.4 is 25.1 Å². The Balaban J connectivity index is 1.29. The number of hydrogen-bond acceptors (Lipinski definition) is 9. The molecule has 1 aromatic heterocycles. The number of piperidine rings is 1. The minimum Gasteiger partial charge on any atom is -0.493 e. The van der Waals surface area contributed by atoms with Crippen LogP contribution in [-0.4, -0.2) is 41.4 Å². The Labute approximate surface area is 232 Å². The summed E-state index contributed by atoms with van der Waals surface area (Å²) < 4.78 is 11.5. The van der Waals surface area contributed by atoms with E-state index in [2.05, 4.69) is 35.7 Å². The SMILES string of the molecule is COc1cc(C=NNc2nc(Nc3ccccc3)nc(N3CCCCC3)n2)ccc1OCc1ccccc1Cl. The molecular weight excluding hydrogens is 514 g/mol. The summed E-state index contributed by atoms with van der Waals surface area (Å²) in [4.78, 5) is 16.0. The quantitative estimate of drug-likeness (QED) is 0.178. The molecule has 10 heteroatoms. The second-order valence-electron chi connectivity index (χ2n) is 8.98. The molecule has 0 unspecified atom stereocenters. The maximum Gasteiger partial charge on any atom is 0.250 e. The smallest absolute Gasteiger partial charge is 0.250 e. The van der Waals surface area contributed by atoms with E-state index in [1.54, 1.807) is 13.3 Å². The van der Waals surface area contributed by atoms with Crippen molar-refractivity contribution in [1.82, 2.24) is 15.0 Å². The highest BCUT2D eigenvalue weighted by Crippen LogP contribution is 2.29. The molecule has 0 atom stereocenters. The lowest BCUT2D eigenvalue weighted by molar-refractivity contribution is 0.284. The number of para-hydroxylation sites is 1. The molecule has 5 rings (SSSR count). The molecule has 0 saturated carbocycles. The van der Waals surface area contributed by atoms with Crippen molar-refractivity contribution in [1.29, 1.82) is 0 Å². The average Bonchev–Trinajstić information content (AvgIpc) is 2.98. The van der Waals surface area contributed by atoms with Crippen molar-refractivity contribution in [3.05, 3.63) is 88.9 Å². The summed E-state index contributed by atoms with van der Waals surface area (Å²) in [5.74, 6) is 2.64. The second kappa shape index (κ2) is 12.9. The highest BCUT2D eigenvalue weighted by Gasteiger charge is 2.16. The first-order chi connectivity index (χ1) is 19.2. The van der Waals surface area contributed by atoms with E-state index in [1.807, 2.05) is 72.8 Å². The van der Waals surface area contributed by atoms with Crippen LogP contribution in [0.4, 0.5) is 23.5 Å². The number of methoxy groups -OCH3 is 1. The molecule has 1 aliphatic heterocycles. The minimum absolute atomic E-state index is 0.336. The monoisotopic (exact) mass is 543 g/mol. The highest BCUT2D eigenvalue weighted by molar-refractivity contribution is 6.31. The topological polar surface area (TPSA) is 96.8 Å². The Morgan fingerprint density at radius 2 is 1.67 bits per heavy atom. The van der Waals surface area contributed by atoms with Crippen molar-refractivity contribution in [2.24, 2.45) is 5.10 Å². The number of ether oxygens (including phenoxy) is 2. The van der Waals surface area contributed by atoms with Crippen LogP contribution in [-0.2, 0) is 6.61 Å². The van der Waals surface area contributed by atoms with Gasteiger partial charge in [-0.25, -0.2) is 5.43 Å². The molecule has 39 heavy (non-hydrogen) atoms. The molecule has 1 aliphatic rings. The van der Waals surface area contributed by atoms with Crippen molar-refractivity contribution in [3.8, 4) is 11.5 Å². The number of nitrogens with one attached hydrogen (secondary N) is 2. The zero-order valence-electron chi connectivity index (χ0n) is 21.7. The first-order valence-corrected chi connectivity index (χ1v) is 13.2. The van der Waals surface area contributed by atoms with Gasteiger partial charge in [-0.3, -0.25) is 0 Å². The molecule has 0 amide bonds. The number of halogens is 1. The van der Waals surface area contributed by atoms with E-state index < -0.39 is 0 Å².